The van der Waals surface area contributed by atoms with Crippen molar-refractivity contribution >= 4 is 0 Å². The standard InChI is InChI=1S/C15H16FN/c1-11(17)10-12-2-4-13(5-3-12)14-6-8-15(16)9-7-14/h2-9,11H,10,17H2,1H3. The lowest BCUT2D eigenvalue weighted by Crippen LogP contribution is -2.17. The summed E-state index contributed by atoms with van der Waals surface area (Å²) < 4.78 is 12.8. The second-order valence-electron chi connectivity index (χ2n) is 4.39. The number of rotatable bonds is 3. The minimum atomic E-state index is -0.206. The van der Waals surface area contributed by atoms with Crippen molar-refractivity contribution in [3.63, 3.8) is 0 Å². The largest absolute Gasteiger partial charge is 0.328 e. The fraction of sp³-hybridized carbons (Fsp3) is 0.200. The van der Waals surface area contributed by atoms with Crippen LogP contribution in [0.25, 0.3) is 11.1 Å². The Bertz CT molecular complexity index is 471. The Kier molecular flexibility index (Phi) is 3.55. The maximum atomic E-state index is 12.8. The molecule has 2 heteroatoms. The fourth-order valence-corrected chi connectivity index (χ4v) is 1.85. The van der Waals surface area contributed by atoms with Crippen LogP contribution in [0.5, 0.6) is 0 Å². The van der Waals surface area contributed by atoms with Gasteiger partial charge in [-0.05, 0) is 42.2 Å². The van der Waals surface area contributed by atoms with Gasteiger partial charge in [0.2, 0.25) is 0 Å². The van der Waals surface area contributed by atoms with Crippen LogP contribution in [0.4, 0.5) is 4.39 Å². The molecule has 0 aliphatic carbocycles. The normalized spacial score (nSPS) is 12.4. The molecule has 2 aromatic rings. The summed E-state index contributed by atoms with van der Waals surface area (Å²) in [7, 11) is 0. The smallest absolute Gasteiger partial charge is 0.123 e. The lowest BCUT2D eigenvalue weighted by atomic mass is 10.0. The summed E-state index contributed by atoms with van der Waals surface area (Å²) >= 11 is 0. The van der Waals surface area contributed by atoms with Crippen molar-refractivity contribution in [2.45, 2.75) is 19.4 Å². The van der Waals surface area contributed by atoms with E-state index in [9.17, 15) is 4.39 Å². The Morgan fingerprint density at radius 2 is 1.41 bits per heavy atom. The van der Waals surface area contributed by atoms with E-state index in [0.717, 1.165) is 17.5 Å². The van der Waals surface area contributed by atoms with Gasteiger partial charge in [0.25, 0.3) is 0 Å². The minimum absolute atomic E-state index is 0.173. The van der Waals surface area contributed by atoms with Crippen molar-refractivity contribution in [3.8, 4) is 11.1 Å². The highest BCUT2D eigenvalue weighted by Crippen LogP contribution is 2.20. The van der Waals surface area contributed by atoms with Crippen LogP contribution in [0.3, 0.4) is 0 Å². The average Bonchev–Trinajstić information content (AvgIpc) is 2.30. The average molecular weight is 229 g/mol. The van der Waals surface area contributed by atoms with Gasteiger partial charge in [0.15, 0.2) is 0 Å². The van der Waals surface area contributed by atoms with E-state index in [2.05, 4.69) is 12.1 Å². The SMILES string of the molecule is CC(N)Cc1ccc(-c2ccc(F)cc2)cc1. The van der Waals surface area contributed by atoms with Crippen molar-refractivity contribution in [1.82, 2.24) is 0 Å². The first-order valence-corrected chi connectivity index (χ1v) is 5.75. The Morgan fingerprint density at radius 1 is 0.941 bits per heavy atom. The summed E-state index contributed by atoms with van der Waals surface area (Å²) in [6.07, 6.45) is 0.879. The van der Waals surface area contributed by atoms with Gasteiger partial charge in [0.1, 0.15) is 5.82 Å². The monoisotopic (exact) mass is 229 g/mol. The number of hydrogen-bond donors (Lipinski definition) is 1. The van der Waals surface area contributed by atoms with Gasteiger partial charge in [0.05, 0.1) is 0 Å². The highest BCUT2D eigenvalue weighted by Gasteiger charge is 2.00. The number of nitrogens with two attached hydrogens (primary N) is 1. The molecule has 0 spiro atoms. The van der Waals surface area contributed by atoms with Crippen LogP contribution in [0.1, 0.15) is 12.5 Å². The first-order valence-electron chi connectivity index (χ1n) is 5.75. The van der Waals surface area contributed by atoms with E-state index < -0.39 is 0 Å². The third kappa shape index (κ3) is 3.14. The Morgan fingerprint density at radius 3 is 1.88 bits per heavy atom. The number of benzene rings is 2. The highest BCUT2D eigenvalue weighted by molar-refractivity contribution is 5.63. The molecule has 1 atom stereocenters. The van der Waals surface area contributed by atoms with E-state index >= 15 is 0 Å². The van der Waals surface area contributed by atoms with Crippen molar-refractivity contribution in [2.24, 2.45) is 5.73 Å². The summed E-state index contributed by atoms with van der Waals surface area (Å²) in [5.74, 6) is -0.206. The lowest BCUT2D eigenvalue weighted by molar-refractivity contribution is 0.628. The van der Waals surface area contributed by atoms with Gasteiger partial charge in [-0.1, -0.05) is 36.4 Å². The predicted octanol–water partition coefficient (Wildman–Crippen LogP) is 3.38. The highest BCUT2D eigenvalue weighted by atomic mass is 19.1. The van der Waals surface area contributed by atoms with Gasteiger partial charge >= 0.3 is 0 Å². The number of halogens is 1. The third-order valence-electron chi connectivity index (χ3n) is 2.69. The first kappa shape index (κ1) is 11.8. The maximum Gasteiger partial charge on any atom is 0.123 e. The zero-order valence-corrected chi connectivity index (χ0v) is 9.86. The molecular weight excluding hydrogens is 213 g/mol. The topological polar surface area (TPSA) is 26.0 Å². The van der Waals surface area contributed by atoms with Gasteiger partial charge in [-0.2, -0.15) is 0 Å². The summed E-state index contributed by atoms with van der Waals surface area (Å²) in [4.78, 5) is 0. The molecule has 0 saturated carbocycles. The van der Waals surface area contributed by atoms with E-state index in [1.165, 1.54) is 17.7 Å². The molecule has 1 nitrogen and oxygen atoms in total. The van der Waals surface area contributed by atoms with E-state index in [1.807, 2.05) is 19.1 Å². The van der Waals surface area contributed by atoms with Crippen LogP contribution in [0.15, 0.2) is 48.5 Å². The van der Waals surface area contributed by atoms with E-state index in [1.54, 1.807) is 12.1 Å². The second-order valence-corrected chi connectivity index (χ2v) is 4.39. The Labute approximate surface area is 101 Å². The molecule has 2 aromatic carbocycles. The Hall–Kier alpha value is -1.67. The van der Waals surface area contributed by atoms with E-state index in [4.69, 9.17) is 5.73 Å². The molecule has 0 radical (unpaired) electrons. The molecule has 0 aromatic heterocycles. The molecule has 2 N–H and O–H groups in total. The van der Waals surface area contributed by atoms with Crippen molar-refractivity contribution in [2.75, 3.05) is 0 Å². The molecule has 0 fully saturated rings. The molecule has 0 saturated heterocycles. The molecule has 0 bridgehead atoms. The van der Waals surface area contributed by atoms with Crippen molar-refractivity contribution in [1.29, 1.82) is 0 Å². The quantitative estimate of drug-likeness (QED) is 0.857. The zero-order chi connectivity index (χ0) is 12.3. The molecule has 88 valence electrons. The molecular formula is C15H16FN. The molecule has 0 heterocycles. The minimum Gasteiger partial charge on any atom is -0.328 e. The zero-order valence-electron chi connectivity index (χ0n) is 9.86. The third-order valence-corrected chi connectivity index (χ3v) is 2.69. The van der Waals surface area contributed by atoms with Crippen LogP contribution in [0.2, 0.25) is 0 Å². The van der Waals surface area contributed by atoms with E-state index in [0.29, 0.717) is 0 Å². The van der Waals surface area contributed by atoms with Gasteiger partial charge in [-0.25, -0.2) is 4.39 Å². The molecule has 0 amide bonds. The van der Waals surface area contributed by atoms with Crippen LogP contribution < -0.4 is 5.73 Å². The molecule has 1 unspecified atom stereocenters. The van der Waals surface area contributed by atoms with Gasteiger partial charge in [-0.15, -0.1) is 0 Å². The van der Waals surface area contributed by atoms with Gasteiger partial charge < -0.3 is 5.73 Å². The van der Waals surface area contributed by atoms with Crippen LogP contribution >= 0.6 is 0 Å². The van der Waals surface area contributed by atoms with Crippen LogP contribution in [0, 0.1) is 5.82 Å². The van der Waals surface area contributed by atoms with E-state index in [-0.39, 0.29) is 11.9 Å². The summed E-state index contributed by atoms with van der Waals surface area (Å²) in [6.45, 7) is 1.99. The van der Waals surface area contributed by atoms with Crippen LogP contribution in [-0.4, -0.2) is 6.04 Å². The molecule has 17 heavy (non-hydrogen) atoms. The second kappa shape index (κ2) is 5.11. The summed E-state index contributed by atoms with van der Waals surface area (Å²) in [6, 6.07) is 14.9. The number of hydrogen-bond acceptors (Lipinski definition) is 1. The maximum absolute atomic E-state index is 12.8. The van der Waals surface area contributed by atoms with Crippen LogP contribution in [-0.2, 0) is 6.42 Å². The lowest BCUT2D eigenvalue weighted by Gasteiger charge is -2.06. The van der Waals surface area contributed by atoms with Crippen molar-refractivity contribution in [3.05, 3.63) is 59.9 Å². The summed E-state index contributed by atoms with van der Waals surface area (Å²) in [5.41, 5.74) is 9.10. The molecule has 0 aliphatic rings. The molecule has 2 rings (SSSR count). The first-order chi connectivity index (χ1) is 8.15. The van der Waals surface area contributed by atoms with Crippen molar-refractivity contribution < 1.29 is 4.39 Å². The van der Waals surface area contributed by atoms with Gasteiger partial charge in [-0.3, -0.25) is 0 Å². The Balaban J connectivity index is 2.20. The molecule has 0 aliphatic heterocycles. The summed E-state index contributed by atoms with van der Waals surface area (Å²) in [5, 5.41) is 0. The predicted molar refractivity (Wildman–Crippen MR) is 69.2 cm³/mol. The fourth-order valence-electron chi connectivity index (χ4n) is 1.85. The van der Waals surface area contributed by atoms with Gasteiger partial charge in [0, 0.05) is 6.04 Å².